The van der Waals surface area contributed by atoms with Crippen LogP contribution in [0.15, 0.2) is 42.0 Å². The number of ether oxygens (including phenoxy) is 2. The number of benzene rings is 1. The first-order chi connectivity index (χ1) is 27.8. The monoisotopic (exact) mass is 832 g/mol. The predicted octanol–water partition coefficient (Wildman–Crippen LogP) is 9.26. The van der Waals surface area contributed by atoms with Crippen molar-refractivity contribution in [3.63, 3.8) is 0 Å². The van der Waals surface area contributed by atoms with Gasteiger partial charge in [0.1, 0.15) is 12.7 Å². The second-order valence-corrected chi connectivity index (χ2v) is 22.9. The maximum Gasteiger partial charge on any atom is 0.331 e. The summed E-state index contributed by atoms with van der Waals surface area (Å²) in [6, 6.07) is 10.8. The molecule has 58 heavy (non-hydrogen) atoms. The summed E-state index contributed by atoms with van der Waals surface area (Å²) in [5.74, 6) is 9.29. The van der Waals surface area contributed by atoms with Crippen molar-refractivity contribution in [2.75, 3.05) is 18.1 Å². The lowest BCUT2D eigenvalue weighted by atomic mass is 9.35. The van der Waals surface area contributed by atoms with Crippen molar-refractivity contribution in [3.05, 3.63) is 47.5 Å². The van der Waals surface area contributed by atoms with Gasteiger partial charge in [0.2, 0.25) is 0 Å². The average Bonchev–Trinajstić information content (AvgIpc) is 3.91. The van der Waals surface area contributed by atoms with Crippen molar-refractivity contribution in [1.29, 1.82) is 0 Å². The Morgan fingerprint density at radius 2 is 1.60 bits per heavy atom. The zero-order valence-electron chi connectivity index (χ0n) is 35.2. The zero-order chi connectivity index (χ0) is 40.8. The van der Waals surface area contributed by atoms with Crippen LogP contribution in [0.3, 0.4) is 0 Å². The summed E-state index contributed by atoms with van der Waals surface area (Å²) < 4.78 is 12.5. The molecule has 7 aliphatic rings. The number of aliphatic hydroxyl groups excluding tert-OH is 2. The van der Waals surface area contributed by atoms with E-state index in [0.717, 1.165) is 94.1 Å². The fraction of sp³-hybridized carbons (Fsp3) is 0.755. The molecule has 3 aliphatic heterocycles. The maximum atomic E-state index is 15.3. The Balaban J connectivity index is 1.29. The van der Waals surface area contributed by atoms with Crippen molar-refractivity contribution >= 4 is 33.5 Å². The van der Waals surface area contributed by atoms with Crippen molar-refractivity contribution in [3.8, 4) is 11.8 Å². The van der Waals surface area contributed by atoms with E-state index in [-0.39, 0.29) is 30.9 Å². The van der Waals surface area contributed by atoms with Gasteiger partial charge in [0, 0.05) is 36.3 Å². The lowest BCUT2D eigenvalue weighted by molar-refractivity contribution is -0.338. The van der Waals surface area contributed by atoms with Crippen LogP contribution in [-0.2, 0) is 25.5 Å². The molecule has 1 unspecified atom stereocenters. The van der Waals surface area contributed by atoms with Crippen LogP contribution in [-0.4, -0.2) is 69.3 Å². The van der Waals surface area contributed by atoms with E-state index < -0.39 is 51.5 Å². The van der Waals surface area contributed by atoms with Gasteiger partial charge in [-0.2, -0.15) is 0 Å². The normalized spacial score (nSPS) is 43.8. The lowest BCUT2D eigenvalue weighted by Crippen LogP contribution is -2.79. The molecule has 9 heteroatoms. The van der Waals surface area contributed by atoms with Gasteiger partial charge in [-0.1, -0.05) is 97.4 Å². The maximum absolute atomic E-state index is 15.3. The molecule has 1 saturated heterocycles. The van der Waals surface area contributed by atoms with E-state index in [1.165, 1.54) is 11.6 Å². The Hall–Kier alpha value is -1.96. The van der Waals surface area contributed by atoms with Crippen molar-refractivity contribution < 1.29 is 34.4 Å². The van der Waals surface area contributed by atoms with Gasteiger partial charge in [-0.15, -0.1) is 5.92 Å². The summed E-state index contributed by atoms with van der Waals surface area (Å²) in [5.41, 5.74) is -3.23. The third-order valence-corrected chi connectivity index (χ3v) is 19.7. The highest BCUT2D eigenvalue weighted by Gasteiger charge is 2.78. The minimum Gasteiger partial charge on any atom is -0.462 e. The molecule has 3 N–H and O–H groups in total. The topological polar surface area (TPSA) is 113 Å². The number of esters is 2. The SMILES string of the molecule is C[C@H]1CC[C@@H](O)[C@]23C([C@@H]4C[C@](C)(C#CC[C@@]5(CCCC[C@@H]5CSSC[C@H](Cc5ccccc5)C1)C(=O)O4)[C@]2(O)CCC1=CC(=O)OC1)[C@](C)(C1CCCC1)CC[C@H]3O. The molecule has 5 fully saturated rings. The van der Waals surface area contributed by atoms with Gasteiger partial charge in [-0.05, 0) is 124 Å². The summed E-state index contributed by atoms with van der Waals surface area (Å²) in [7, 11) is 3.86. The van der Waals surface area contributed by atoms with Crippen LogP contribution in [0.25, 0.3) is 0 Å². The molecule has 4 bridgehead atoms. The predicted molar refractivity (Wildman–Crippen MR) is 231 cm³/mol. The summed E-state index contributed by atoms with van der Waals surface area (Å²) in [5, 5.41) is 40.5. The van der Waals surface area contributed by atoms with Crippen LogP contribution in [0.2, 0.25) is 0 Å². The zero-order valence-corrected chi connectivity index (χ0v) is 36.9. The van der Waals surface area contributed by atoms with E-state index in [2.05, 4.69) is 56.0 Å². The number of hydrogen-bond acceptors (Lipinski definition) is 9. The molecule has 318 valence electrons. The Kier molecular flexibility index (Phi) is 12.6. The molecule has 1 aromatic rings. The number of carbonyl (C=O) groups excluding carboxylic acids is 2. The van der Waals surface area contributed by atoms with Gasteiger partial charge >= 0.3 is 11.9 Å². The number of aliphatic hydroxyl groups is 3. The molecule has 0 radical (unpaired) electrons. The van der Waals surface area contributed by atoms with E-state index in [0.29, 0.717) is 49.9 Å². The lowest BCUT2D eigenvalue weighted by Gasteiger charge is -2.71. The molecule has 0 aromatic heterocycles. The standard InChI is InChI=1S/C49H68O7S2/c1-33-17-18-40(50)49-41(51)20-24-46(3,37-14-7-8-15-37)43(49)39-29-45(2,48(49,54)25-19-35-28-42(52)55-30-35)21-11-23-47(44(53)56-39)22-10-9-16-38(47)32-58-57-31-36(26-33)27-34-12-5-4-6-13-34/h4-6,12-13,28,33,36-41,43,50-51,54H,7-10,14-20,22-27,29-32H2,1-3H3/t33-,36-,38+,39-,40+,41+,43?,45-,46-,47+,48+,49-/m0/s1. The van der Waals surface area contributed by atoms with Gasteiger partial charge in [-0.3, -0.25) is 4.79 Å². The second kappa shape index (κ2) is 17.1. The molecule has 0 amide bonds. The number of carbonyl (C=O) groups is 2. The van der Waals surface area contributed by atoms with Crippen LogP contribution in [0.5, 0.6) is 0 Å². The Morgan fingerprint density at radius 1 is 0.879 bits per heavy atom. The van der Waals surface area contributed by atoms with Crippen LogP contribution < -0.4 is 0 Å². The Labute approximate surface area is 355 Å². The van der Waals surface area contributed by atoms with Gasteiger partial charge in [0.15, 0.2) is 0 Å². The molecule has 4 saturated carbocycles. The molecule has 8 rings (SSSR count). The van der Waals surface area contributed by atoms with E-state index in [1.54, 1.807) is 0 Å². The van der Waals surface area contributed by atoms with Crippen LogP contribution in [0.4, 0.5) is 0 Å². The number of cyclic esters (lactones) is 1. The number of rotatable bonds is 6. The first kappa shape index (κ1) is 42.7. The van der Waals surface area contributed by atoms with Gasteiger partial charge in [-0.25, -0.2) is 4.79 Å². The van der Waals surface area contributed by atoms with Gasteiger partial charge in [0.25, 0.3) is 0 Å². The third-order valence-electron chi connectivity index (χ3n) is 17.0. The number of fused-ring (bicyclic) bond motifs is 2. The minimum absolute atomic E-state index is 0.118. The Morgan fingerprint density at radius 3 is 2.36 bits per heavy atom. The van der Waals surface area contributed by atoms with Crippen LogP contribution >= 0.6 is 21.6 Å². The average molecular weight is 833 g/mol. The minimum atomic E-state index is -1.67. The number of hydrogen-bond donors (Lipinski definition) is 3. The largest absolute Gasteiger partial charge is 0.462 e. The van der Waals surface area contributed by atoms with Crippen LogP contribution in [0, 0.1) is 63.1 Å². The van der Waals surface area contributed by atoms with E-state index in [1.807, 2.05) is 28.5 Å². The second-order valence-electron chi connectivity index (χ2n) is 20.3. The molecular weight excluding hydrogens is 765 g/mol. The smallest absolute Gasteiger partial charge is 0.331 e. The Bertz CT molecular complexity index is 1750. The summed E-state index contributed by atoms with van der Waals surface area (Å²) in [4.78, 5) is 27.6. The molecule has 1 spiro atoms. The molecule has 4 aliphatic carbocycles. The van der Waals surface area contributed by atoms with E-state index in [9.17, 15) is 20.1 Å². The highest BCUT2D eigenvalue weighted by molar-refractivity contribution is 8.76. The van der Waals surface area contributed by atoms with Crippen LogP contribution in [0.1, 0.15) is 135 Å². The highest BCUT2D eigenvalue weighted by Crippen LogP contribution is 2.72. The summed E-state index contributed by atoms with van der Waals surface area (Å²) in [6.45, 7) is 6.84. The molecule has 3 heterocycles. The van der Waals surface area contributed by atoms with Gasteiger partial charge in [0.05, 0.1) is 34.1 Å². The molecule has 12 atom stereocenters. The highest BCUT2D eigenvalue weighted by atomic mass is 33.1. The van der Waals surface area contributed by atoms with Crippen molar-refractivity contribution in [2.45, 2.75) is 160 Å². The van der Waals surface area contributed by atoms with Gasteiger partial charge < -0.3 is 24.8 Å². The third kappa shape index (κ3) is 7.43. The first-order valence-electron chi connectivity index (χ1n) is 22.8. The molecular formula is C49H68O7S2. The summed E-state index contributed by atoms with van der Waals surface area (Å²) in [6.07, 6.45) is 12.6. The molecule has 7 nitrogen and oxygen atoms in total. The quantitative estimate of drug-likeness (QED) is 0.147. The fourth-order valence-electron chi connectivity index (χ4n) is 14.0. The van der Waals surface area contributed by atoms with Crippen molar-refractivity contribution in [1.82, 2.24) is 0 Å². The van der Waals surface area contributed by atoms with E-state index in [4.69, 9.17) is 9.47 Å². The summed E-state index contributed by atoms with van der Waals surface area (Å²) >= 11 is 0. The van der Waals surface area contributed by atoms with Crippen molar-refractivity contribution in [2.24, 2.45) is 51.2 Å². The van der Waals surface area contributed by atoms with E-state index >= 15 is 4.79 Å². The first-order valence-corrected chi connectivity index (χ1v) is 25.3. The fourth-order valence-corrected chi connectivity index (χ4v) is 16.9. The molecule has 1 aromatic carbocycles.